The molecule has 0 spiro atoms. The van der Waals surface area contributed by atoms with Gasteiger partial charge in [-0.2, -0.15) is 0 Å². The van der Waals surface area contributed by atoms with E-state index in [4.69, 9.17) is 11.1 Å². The second kappa shape index (κ2) is 5.06. The van der Waals surface area contributed by atoms with Gasteiger partial charge in [0.05, 0.1) is 12.2 Å². The molecule has 5 heteroatoms. The fraction of sp³-hybridized carbons (Fsp3) is 0.286. The van der Waals surface area contributed by atoms with Crippen LogP contribution in [0.5, 0.6) is 0 Å². The van der Waals surface area contributed by atoms with E-state index in [0.29, 0.717) is 12.5 Å². The minimum Gasteiger partial charge on any atom is -0.461 e. The molecule has 12 heavy (non-hydrogen) atoms. The monoisotopic (exact) mass is 170 g/mol. The van der Waals surface area contributed by atoms with Crippen molar-refractivity contribution < 1.29 is 14.3 Å². The number of nitrogens with one attached hydrogen (secondary N) is 1. The summed E-state index contributed by atoms with van der Waals surface area (Å²) < 4.78 is 4.50. The van der Waals surface area contributed by atoms with E-state index in [2.05, 4.69) is 4.74 Å². The first-order valence-electron chi connectivity index (χ1n) is 3.29. The van der Waals surface area contributed by atoms with Gasteiger partial charge in [0.1, 0.15) is 5.70 Å². The molecule has 0 radical (unpaired) electrons. The van der Waals surface area contributed by atoms with Crippen LogP contribution < -0.4 is 5.73 Å². The molecule has 0 rings (SSSR count). The molecule has 0 saturated heterocycles. The van der Waals surface area contributed by atoms with Crippen LogP contribution in [0, 0.1) is 5.41 Å². The highest BCUT2D eigenvalue weighted by Gasteiger charge is 2.10. The predicted molar refractivity (Wildman–Crippen MR) is 42.7 cm³/mol. The number of hydrogen-bond donors (Lipinski definition) is 2. The van der Waals surface area contributed by atoms with Crippen LogP contribution in [-0.4, -0.2) is 25.1 Å². The molecule has 0 aliphatic carbocycles. The van der Waals surface area contributed by atoms with E-state index in [1.165, 1.54) is 0 Å². The van der Waals surface area contributed by atoms with Crippen molar-refractivity contribution in [2.24, 2.45) is 5.73 Å². The summed E-state index contributed by atoms with van der Waals surface area (Å²) in [7, 11) is 0. The molecular formula is C7H10N2O3. The van der Waals surface area contributed by atoms with Gasteiger partial charge in [-0.15, -0.1) is 0 Å². The van der Waals surface area contributed by atoms with E-state index >= 15 is 0 Å². The van der Waals surface area contributed by atoms with E-state index in [1.807, 2.05) is 0 Å². The third-order valence-corrected chi connectivity index (χ3v) is 1.09. The second-order valence-corrected chi connectivity index (χ2v) is 1.85. The fourth-order valence-electron chi connectivity index (χ4n) is 0.502. The Bertz CT molecular complexity index is 223. The van der Waals surface area contributed by atoms with Gasteiger partial charge in [-0.1, -0.05) is 0 Å². The minimum absolute atomic E-state index is 0.173. The number of carbonyl (C=O) groups excluding carboxylic acids is 2. The lowest BCUT2D eigenvalue weighted by atomic mass is 10.2. The zero-order chi connectivity index (χ0) is 9.56. The fourth-order valence-corrected chi connectivity index (χ4v) is 0.502. The Morgan fingerprint density at radius 1 is 1.67 bits per heavy atom. The third kappa shape index (κ3) is 2.53. The number of rotatable bonds is 4. The molecule has 66 valence electrons. The van der Waals surface area contributed by atoms with Crippen LogP contribution in [0.2, 0.25) is 0 Å². The zero-order valence-electron chi connectivity index (χ0n) is 6.66. The van der Waals surface area contributed by atoms with Gasteiger partial charge >= 0.3 is 5.97 Å². The van der Waals surface area contributed by atoms with Gasteiger partial charge in [0.25, 0.3) is 0 Å². The van der Waals surface area contributed by atoms with Crippen LogP contribution in [0.25, 0.3) is 0 Å². The average molecular weight is 170 g/mol. The van der Waals surface area contributed by atoms with Crippen LogP contribution in [0.15, 0.2) is 11.3 Å². The Hall–Kier alpha value is -1.65. The van der Waals surface area contributed by atoms with E-state index in [9.17, 15) is 9.59 Å². The Kier molecular flexibility index (Phi) is 4.36. The van der Waals surface area contributed by atoms with Crippen molar-refractivity contribution in [2.75, 3.05) is 6.61 Å². The van der Waals surface area contributed by atoms with Crippen molar-refractivity contribution in [3.8, 4) is 0 Å². The lowest BCUT2D eigenvalue weighted by Crippen LogP contribution is -2.18. The van der Waals surface area contributed by atoms with Crippen LogP contribution >= 0.6 is 0 Å². The van der Waals surface area contributed by atoms with Gasteiger partial charge in [0.2, 0.25) is 0 Å². The number of ether oxygens (including phenoxy) is 1. The van der Waals surface area contributed by atoms with E-state index in [0.717, 1.165) is 0 Å². The minimum atomic E-state index is -0.775. The smallest absolute Gasteiger partial charge is 0.354 e. The van der Waals surface area contributed by atoms with Crippen LogP contribution in [0.1, 0.15) is 6.92 Å². The van der Waals surface area contributed by atoms with Gasteiger partial charge in [0.15, 0.2) is 6.29 Å². The summed E-state index contributed by atoms with van der Waals surface area (Å²) in [5, 5.41) is 6.71. The number of nitrogens with two attached hydrogens (primary N) is 1. The molecule has 0 saturated carbocycles. The van der Waals surface area contributed by atoms with Gasteiger partial charge in [-0.25, -0.2) is 4.79 Å². The van der Waals surface area contributed by atoms with Crippen molar-refractivity contribution in [1.82, 2.24) is 0 Å². The Morgan fingerprint density at radius 3 is 2.58 bits per heavy atom. The molecule has 0 aromatic carbocycles. The predicted octanol–water partition coefficient (Wildman–Crippen LogP) is -0.389. The molecule has 0 atom stereocenters. The first-order chi connectivity index (χ1) is 5.67. The third-order valence-electron chi connectivity index (χ3n) is 1.09. The number of aldehydes is 1. The highest BCUT2D eigenvalue weighted by molar-refractivity contribution is 6.08. The number of carbonyl (C=O) groups is 2. The number of esters is 1. The second-order valence-electron chi connectivity index (χ2n) is 1.85. The molecule has 0 aromatic rings. The Morgan fingerprint density at radius 2 is 2.25 bits per heavy atom. The highest BCUT2D eigenvalue weighted by Crippen LogP contribution is 1.95. The molecule has 5 nitrogen and oxygen atoms in total. The van der Waals surface area contributed by atoms with Gasteiger partial charge in [0, 0.05) is 6.21 Å². The molecule has 0 bridgehead atoms. The SMILES string of the molecule is CCOC(=O)/C(N)=C(/C=N)C=O. The van der Waals surface area contributed by atoms with Crippen molar-refractivity contribution >= 4 is 18.5 Å². The largest absolute Gasteiger partial charge is 0.461 e. The average Bonchev–Trinajstić information content (AvgIpc) is 2.07. The van der Waals surface area contributed by atoms with Crippen molar-refractivity contribution in [1.29, 1.82) is 5.41 Å². The summed E-state index contributed by atoms with van der Waals surface area (Å²) in [6.07, 6.45) is 1.04. The van der Waals surface area contributed by atoms with E-state index in [1.54, 1.807) is 6.92 Å². The normalized spacial score (nSPS) is 11.4. The molecule has 3 N–H and O–H groups in total. The standard InChI is InChI=1S/C7H10N2O3/c1-2-12-7(11)6(9)5(3-8)4-10/h3-4,8H,2,9H2,1H3/b6-5+,8-3?. The summed E-state index contributed by atoms with van der Waals surface area (Å²) in [5.74, 6) is -0.775. The molecule has 0 aliphatic heterocycles. The topological polar surface area (TPSA) is 93.2 Å². The molecule has 0 unspecified atom stereocenters. The lowest BCUT2D eigenvalue weighted by molar-refractivity contribution is -0.138. The maximum absolute atomic E-state index is 10.8. The Labute approximate surface area is 69.7 Å². The zero-order valence-corrected chi connectivity index (χ0v) is 6.66. The molecule has 0 heterocycles. The van der Waals surface area contributed by atoms with Crippen molar-refractivity contribution in [2.45, 2.75) is 6.92 Å². The molecule has 0 amide bonds. The number of hydrogen-bond acceptors (Lipinski definition) is 5. The number of allylic oxidation sites excluding steroid dienone is 1. The van der Waals surface area contributed by atoms with Gasteiger partial charge < -0.3 is 15.9 Å². The lowest BCUT2D eigenvalue weighted by Gasteiger charge is -2.01. The van der Waals surface area contributed by atoms with Gasteiger partial charge in [-0.05, 0) is 6.92 Å². The van der Waals surface area contributed by atoms with Crippen molar-refractivity contribution in [3.63, 3.8) is 0 Å². The van der Waals surface area contributed by atoms with Crippen molar-refractivity contribution in [3.05, 3.63) is 11.3 Å². The van der Waals surface area contributed by atoms with Crippen LogP contribution in [0.3, 0.4) is 0 Å². The summed E-state index contributed by atoms with van der Waals surface area (Å²) in [6, 6.07) is 0. The van der Waals surface area contributed by atoms with Crippen LogP contribution in [-0.2, 0) is 14.3 Å². The Balaban J connectivity index is 4.61. The maximum Gasteiger partial charge on any atom is 0.354 e. The molecular weight excluding hydrogens is 160 g/mol. The quantitative estimate of drug-likeness (QED) is 0.260. The molecule has 0 aliphatic rings. The first-order valence-corrected chi connectivity index (χ1v) is 3.29. The first kappa shape index (κ1) is 10.3. The van der Waals surface area contributed by atoms with Gasteiger partial charge in [-0.3, -0.25) is 4.79 Å². The summed E-state index contributed by atoms with van der Waals surface area (Å²) in [6.45, 7) is 1.81. The summed E-state index contributed by atoms with van der Waals surface area (Å²) in [4.78, 5) is 21.0. The molecule has 0 fully saturated rings. The van der Waals surface area contributed by atoms with E-state index in [-0.39, 0.29) is 17.9 Å². The summed E-state index contributed by atoms with van der Waals surface area (Å²) in [5.41, 5.74) is 4.69. The highest BCUT2D eigenvalue weighted by atomic mass is 16.5. The van der Waals surface area contributed by atoms with Crippen LogP contribution in [0.4, 0.5) is 0 Å². The summed E-state index contributed by atoms with van der Waals surface area (Å²) >= 11 is 0. The maximum atomic E-state index is 10.8. The molecule has 0 aromatic heterocycles. The van der Waals surface area contributed by atoms with E-state index < -0.39 is 5.97 Å².